The second-order valence-electron chi connectivity index (χ2n) is 5.25. The maximum atomic E-state index is 6.43. The predicted molar refractivity (Wildman–Crippen MR) is 92.7 cm³/mol. The molecule has 0 amide bonds. The molecule has 0 spiro atoms. The summed E-state index contributed by atoms with van der Waals surface area (Å²) in [5.74, 6) is 0.719. The van der Waals surface area contributed by atoms with Crippen LogP contribution in [0.25, 0.3) is 21.8 Å². The monoisotopic (exact) mass is 320 g/mol. The summed E-state index contributed by atoms with van der Waals surface area (Å²) in [6.45, 7) is 0. The highest BCUT2D eigenvalue weighted by atomic mass is 35.5. The topological polar surface area (TPSA) is 35.0 Å². The van der Waals surface area contributed by atoms with Crippen LogP contribution in [-0.2, 0) is 0 Å². The Balaban J connectivity index is 1.63. The van der Waals surface area contributed by atoms with Crippen LogP contribution in [-0.4, -0.2) is 9.97 Å². The van der Waals surface area contributed by atoms with Gasteiger partial charge in [-0.25, -0.2) is 0 Å². The number of alkyl halides is 1. The Morgan fingerprint density at radius 2 is 1.43 bits per heavy atom. The Hall–Kier alpha value is -2.65. The Bertz CT molecular complexity index is 987. The van der Waals surface area contributed by atoms with Crippen LogP contribution >= 0.6 is 11.6 Å². The summed E-state index contributed by atoms with van der Waals surface area (Å²) in [6.07, 6.45) is 3.55. The lowest BCUT2D eigenvalue weighted by Gasteiger charge is -2.14. The zero-order chi connectivity index (χ0) is 15.6. The molecule has 2 aromatic heterocycles. The Labute approximate surface area is 138 Å². The van der Waals surface area contributed by atoms with Crippen molar-refractivity contribution in [3.63, 3.8) is 0 Å². The van der Waals surface area contributed by atoms with E-state index in [1.807, 2.05) is 60.7 Å². The number of nitrogens with zero attached hydrogens (tertiary/aromatic N) is 2. The van der Waals surface area contributed by atoms with Gasteiger partial charge in [-0.15, -0.1) is 0 Å². The number of aromatic nitrogens is 2. The third kappa shape index (κ3) is 2.83. The molecule has 0 aliphatic carbocycles. The maximum Gasteiger partial charge on any atom is 0.197 e. The second-order valence-corrected chi connectivity index (χ2v) is 5.64. The van der Waals surface area contributed by atoms with Crippen LogP contribution < -0.4 is 4.74 Å². The Morgan fingerprint density at radius 3 is 2.17 bits per heavy atom. The minimum Gasteiger partial charge on any atom is -0.470 e. The molecule has 0 saturated carbocycles. The number of hydrogen-bond acceptors (Lipinski definition) is 3. The predicted octanol–water partition coefficient (Wildman–Crippen LogP) is 5.10. The van der Waals surface area contributed by atoms with Crippen molar-refractivity contribution in [2.75, 3.05) is 0 Å². The van der Waals surface area contributed by atoms with E-state index in [-0.39, 0.29) is 0 Å². The normalized spacial score (nSPS) is 12.4. The van der Waals surface area contributed by atoms with E-state index in [0.717, 1.165) is 33.1 Å². The number of ether oxygens (including phenoxy) is 1. The molecule has 4 heteroatoms. The first-order valence-electron chi connectivity index (χ1n) is 7.30. The zero-order valence-corrected chi connectivity index (χ0v) is 12.9. The van der Waals surface area contributed by atoms with E-state index in [9.17, 15) is 0 Å². The highest BCUT2D eigenvalue weighted by Crippen LogP contribution is 2.29. The summed E-state index contributed by atoms with van der Waals surface area (Å²) in [5, 5.41) is 2.07. The fraction of sp³-hybridized carbons (Fsp3) is 0.0526. The van der Waals surface area contributed by atoms with Gasteiger partial charge in [0.05, 0.1) is 11.0 Å². The molecule has 0 aliphatic rings. The third-order valence-corrected chi connectivity index (χ3v) is 4.04. The number of halogens is 1. The highest BCUT2D eigenvalue weighted by Gasteiger charge is 2.11. The first-order valence-corrected chi connectivity index (χ1v) is 7.73. The highest BCUT2D eigenvalue weighted by molar-refractivity contribution is 6.20. The number of pyridine rings is 2. The first-order chi connectivity index (χ1) is 11.3. The van der Waals surface area contributed by atoms with Crippen molar-refractivity contribution in [1.82, 2.24) is 9.97 Å². The molecular weight excluding hydrogens is 308 g/mol. The van der Waals surface area contributed by atoms with Gasteiger partial charge in [0.15, 0.2) is 5.56 Å². The van der Waals surface area contributed by atoms with Crippen molar-refractivity contribution in [2.45, 2.75) is 5.56 Å². The van der Waals surface area contributed by atoms with Crippen molar-refractivity contribution in [2.24, 2.45) is 0 Å². The van der Waals surface area contributed by atoms with Crippen LogP contribution in [0.4, 0.5) is 0 Å². The van der Waals surface area contributed by atoms with Gasteiger partial charge >= 0.3 is 0 Å². The smallest absolute Gasteiger partial charge is 0.197 e. The molecule has 0 radical (unpaired) electrons. The number of benzene rings is 2. The fourth-order valence-electron chi connectivity index (χ4n) is 2.55. The molecule has 1 unspecified atom stereocenters. The molecule has 0 fully saturated rings. The van der Waals surface area contributed by atoms with Gasteiger partial charge in [0.1, 0.15) is 5.75 Å². The largest absolute Gasteiger partial charge is 0.470 e. The lowest BCUT2D eigenvalue weighted by atomic mass is 10.1. The lowest BCUT2D eigenvalue weighted by molar-refractivity contribution is 0.289. The molecule has 23 heavy (non-hydrogen) atoms. The SMILES string of the molecule is ClC(Oc1ccc2ncccc2c1)c1ccc2ncccc2c1. The van der Waals surface area contributed by atoms with Crippen LogP contribution in [0.5, 0.6) is 5.75 Å². The second kappa shape index (κ2) is 5.86. The quantitative estimate of drug-likeness (QED) is 0.493. The first kappa shape index (κ1) is 14.0. The summed E-state index contributed by atoms with van der Waals surface area (Å²) < 4.78 is 5.87. The molecule has 0 bridgehead atoms. The van der Waals surface area contributed by atoms with Gasteiger partial charge in [-0.1, -0.05) is 29.8 Å². The van der Waals surface area contributed by atoms with Gasteiger partial charge in [-0.3, -0.25) is 9.97 Å². The summed E-state index contributed by atoms with van der Waals surface area (Å²) in [5.41, 5.74) is 2.21. The number of rotatable bonds is 3. The van der Waals surface area contributed by atoms with Crippen LogP contribution in [0.3, 0.4) is 0 Å². The summed E-state index contributed by atoms with van der Waals surface area (Å²) in [7, 11) is 0. The molecule has 2 heterocycles. The summed E-state index contributed by atoms with van der Waals surface area (Å²) in [6, 6.07) is 19.5. The van der Waals surface area contributed by atoms with Crippen molar-refractivity contribution < 1.29 is 4.74 Å². The lowest BCUT2D eigenvalue weighted by Crippen LogP contribution is -2.00. The van der Waals surface area contributed by atoms with E-state index >= 15 is 0 Å². The van der Waals surface area contributed by atoms with Crippen molar-refractivity contribution in [1.29, 1.82) is 0 Å². The van der Waals surface area contributed by atoms with Crippen LogP contribution in [0.2, 0.25) is 0 Å². The molecule has 4 aromatic rings. The molecule has 4 rings (SSSR count). The van der Waals surface area contributed by atoms with Crippen LogP contribution in [0.15, 0.2) is 73.1 Å². The molecule has 3 nitrogen and oxygen atoms in total. The van der Waals surface area contributed by atoms with E-state index in [1.54, 1.807) is 12.4 Å². The van der Waals surface area contributed by atoms with E-state index in [0.29, 0.717) is 0 Å². The summed E-state index contributed by atoms with van der Waals surface area (Å²) in [4.78, 5) is 8.61. The molecular formula is C19H13ClN2O. The van der Waals surface area contributed by atoms with Crippen LogP contribution in [0, 0.1) is 0 Å². The zero-order valence-electron chi connectivity index (χ0n) is 12.2. The standard InChI is InChI=1S/C19H13ClN2O/c20-19(15-5-7-17-13(11-15)3-1-9-21-17)23-16-6-8-18-14(12-16)4-2-10-22-18/h1-12,19H. The molecule has 2 aromatic carbocycles. The van der Waals surface area contributed by atoms with Crippen molar-refractivity contribution in [3.05, 3.63) is 78.6 Å². The average Bonchev–Trinajstić information content (AvgIpc) is 2.61. The number of fused-ring (bicyclic) bond motifs is 2. The molecule has 0 saturated heterocycles. The van der Waals surface area contributed by atoms with Gasteiger partial charge in [-0.2, -0.15) is 0 Å². The Kier molecular flexibility index (Phi) is 3.56. The van der Waals surface area contributed by atoms with Gasteiger partial charge < -0.3 is 4.74 Å². The van der Waals surface area contributed by atoms with E-state index in [1.165, 1.54) is 0 Å². The van der Waals surface area contributed by atoms with Crippen LogP contribution in [0.1, 0.15) is 11.1 Å². The third-order valence-electron chi connectivity index (χ3n) is 3.70. The van der Waals surface area contributed by atoms with Gasteiger partial charge in [-0.05, 0) is 42.5 Å². The van der Waals surface area contributed by atoms with Gasteiger partial charge in [0.25, 0.3) is 0 Å². The minimum atomic E-state index is -0.561. The molecule has 0 N–H and O–H groups in total. The molecule has 0 aliphatic heterocycles. The maximum absolute atomic E-state index is 6.43. The van der Waals surface area contributed by atoms with Gasteiger partial charge in [0, 0.05) is 28.7 Å². The van der Waals surface area contributed by atoms with Crippen molar-refractivity contribution >= 4 is 33.4 Å². The molecule has 112 valence electrons. The van der Waals surface area contributed by atoms with Crippen molar-refractivity contribution in [3.8, 4) is 5.75 Å². The minimum absolute atomic E-state index is 0.561. The summed E-state index contributed by atoms with van der Waals surface area (Å²) >= 11 is 6.43. The van der Waals surface area contributed by atoms with E-state index in [2.05, 4.69) is 9.97 Å². The van der Waals surface area contributed by atoms with E-state index in [4.69, 9.17) is 16.3 Å². The molecule has 1 atom stereocenters. The van der Waals surface area contributed by atoms with E-state index < -0.39 is 5.56 Å². The Morgan fingerprint density at radius 1 is 0.783 bits per heavy atom. The fourth-order valence-corrected chi connectivity index (χ4v) is 2.79. The van der Waals surface area contributed by atoms with Gasteiger partial charge in [0.2, 0.25) is 0 Å². The number of hydrogen-bond donors (Lipinski definition) is 0. The average molecular weight is 321 g/mol.